The lowest BCUT2D eigenvalue weighted by molar-refractivity contribution is -0.0171. The third kappa shape index (κ3) is 1.71. The number of fused-ring (bicyclic) bond motifs is 1. The van der Waals surface area contributed by atoms with Crippen LogP contribution in [0, 0.1) is 0 Å². The summed E-state index contributed by atoms with van der Waals surface area (Å²) in [6.45, 7) is 0.776. The maximum atomic E-state index is 10.5. The van der Waals surface area contributed by atoms with Crippen LogP contribution in [-0.2, 0) is 21.7 Å². The normalized spacial score (nSPS) is 19.8. The highest BCUT2D eigenvalue weighted by molar-refractivity contribution is 9.10. The minimum atomic E-state index is -0.407. The molecular formula is C12H10BrNO3. The molecule has 1 aliphatic heterocycles. The molecule has 0 atom stereocenters. The number of hydrogen-bond acceptors (Lipinski definition) is 4. The molecule has 0 spiro atoms. The van der Waals surface area contributed by atoms with E-state index >= 15 is 0 Å². The van der Waals surface area contributed by atoms with Crippen LogP contribution in [0.1, 0.15) is 24.0 Å². The Kier molecular flexibility index (Phi) is 2.54. The molecule has 0 aromatic heterocycles. The second kappa shape index (κ2) is 3.95. The summed E-state index contributed by atoms with van der Waals surface area (Å²) in [5, 5.41) is 0. The lowest BCUT2D eigenvalue weighted by Gasteiger charge is -2.23. The first-order valence-electron chi connectivity index (χ1n) is 5.38. The summed E-state index contributed by atoms with van der Waals surface area (Å²) in [5.74, 6) is 0.821. The van der Waals surface area contributed by atoms with Gasteiger partial charge in [-0.1, -0.05) is 15.9 Å². The van der Waals surface area contributed by atoms with Crippen molar-refractivity contribution >= 4 is 22.0 Å². The molecule has 88 valence electrons. The third-order valence-corrected chi connectivity index (χ3v) is 3.87. The molecule has 0 N–H and O–H groups in total. The smallest absolute Gasteiger partial charge is 0.235 e. The minimum Gasteiger partial charge on any atom is -0.467 e. The van der Waals surface area contributed by atoms with Crippen LogP contribution in [0.25, 0.3) is 0 Å². The summed E-state index contributed by atoms with van der Waals surface area (Å²) in [6.07, 6.45) is 3.42. The van der Waals surface area contributed by atoms with Gasteiger partial charge in [0.1, 0.15) is 5.75 Å². The number of benzene rings is 1. The van der Waals surface area contributed by atoms with E-state index < -0.39 is 5.54 Å². The standard InChI is InChI=1S/C12H10BrNO3/c13-9-1-2-10-8(5-16-7-17-10)11(9)12(3-4-12)14-6-15/h1-2H,3-5,7H2. The fourth-order valence-electron chi connectivity index (χ4n) is 2.25. The molecule has 1 saturated carbocycles. The molecule has 2 aliphatic rings. The van der Waals surface area contributed by atoms with E-state index in [2.05, 4.69) is 20.9 Å². The van der Waals surface area contributed by atoms with Crippen molar-refractivity contribution in [3.05, 3.63) is 27.7 Å². The zero-order valence-electron chi connectivity index (χ0n) is 9.03. The Morgan fingerprint density at radius 1 is 1.41 bits per heavy atom. The van der Waals surface area contributed by atoms with Gasteiger partial charge in [0.15, 0.2) is 6.79 Å². The molecule has 1 fully saturated rings. The zero-order chi connectivity index (χ0) is 11.9. The maximum absolute atomic E-state index is 10.5. The molecule has 3 rings (SSSR count). The van der Waals surface area contributed by atoms with Gasteiger partial charge in [0.25, 0.3) is 0 Å². The summed E-state index contributed by atoms with van der Waals surface area (Å²) in [5.41, 5.74) is 1.59. The maximum Gasteiger partial charge on any atom is 0.235 e. The Morgan fingerprint density at radius 3 is 2.94 bits per heavy atom. The van der Waals surface area contributed by atoms with E-state index in [1.54, 1.807) is 6.08 Å². The molecule has 4 nitrogen and oxygen atoms in total. The van der Waals surface area contributed by atoms with Crippen LogP contribution in [0.15, 0.2) is 21.6 Å². The average Bonchev–Trinajstić information content (AvgIpc) is 3.10. The van der Waals surface area contributed by atoms with Crippen molar-refractivity contribution in [2.45, 2.75) is 25.0 Å². The summed E-state index contributed by atoms with van der Waals surface area (Å²) in [6, 6.07) is 3.84. The van der Waals surface area contributed by atoms with E-state index in [0.29, 0.717) is 6.61 Å². The predicted octanol–water partition coefficient (Wildman–Crippen LogP) is 2.64. The molecule has 0 saturated heterocycles. The Bertz CT molecular complexity index is 519. The zero-order valence-corrected chi connectivity index (χ0v) is 10.6. The van der Waals surface area contributed by atoms with Crippen LogP contribution in [-0.4, -0.2) is 12.9 Å². The van der Waals surface area contributed by atoms with Crippen LogP contribution in [0.5, 0.6) is 5.75 Å². The molecule has 5 heteroatoms. The summed E-state index contributed by atoms with van der Waals surface area (Å²) in [7, 11) is 0. The third-order valence-electron chi connectivity index (χ3n) is 3.21. The first-order chi connectivity index (χ1) is 8.27. The fraction of sp³-hybridized carbons (Fsp3) is 0.417. The lowest BCUT2D eigenvalue weighted by atomic mass is 9.98. The number of halogens is 1. The van der Waals surface area contributed by atoms with Crippen molar-refractivity contribution in [2.24, 2.45) is 4.99 Å². The number of isocyanates is 1. The highest BCUT2D eigenvalue weighted by Crippen LogP contribution is 2.54. The first-order valence-corrected chi connectivity index (χ1v) is 6.17. The first kappa shape index (κ1) is 11.0. The molecular weight excluding hydrogens is 286 g/mol. The monoisotopic (exact) mass is 295 g/mol. The number of ether oxygens (including phenoxy) is 2. The summed E-state index contributed by atoms with van der Waals surface area (Å²) >= 11 is 3.52. The van der Waals surface area contributed by atoms with Gasteiger partial charge in [0.05, 0.1) is 12.1 Å². The van der Waals surface area contributed by atoms with Gasteiger partial charge < -0.3 is 9.47 Å². The van der Waals surface area contributed by atoms with Crippen LogP contribution < -0.4 is 4.74 Å². The van der Waals surface area contributed by atoms with Crippen LogP contribution in [0.3, 0.4) is 0 Å². The fourth-order valence-corrected chi connectivity index (χ4v) is 2.99. The summed E-state index contributed by atoms with van der Waals surface area (Å²) in [4.78, 5) is 14.5. The van der Waals surface area contributed by atoms with Gasteiger partial charge >= 0.3 is 0 Å². The van der Waals surface area contributed by atoms with E-state index in [-0.39, 0.29) is 6.79 Å². The Morgan fingerprint density at radius 2 is 2.24 bits per heavy atom. The van der Waals surface area contributed by atoms with E-state index in [9.17, 15) is 4.79 Å². The highest BCUT2D eigenvalue weighted by atomic mass is 79.9. The summed E-state index contributed by atoms with van der Waals surface area (Å²) < 4.78 is 11.7. The molecule has 1 heterocycles. The predicted molar refractivity (Wildman–Crippen MR) is 63.5 cm³/mol. The van der Waals surface area contributed by atoms with Crippen LogP contribution >= 0.6 is 15.9 Å². The van der Waals surface area contributed by atoms with Gasteiger partial charge in [-0.3, -0.25) is 0 Å². The van der Waals surface area contributed by atoms with Crippen molar-refractivity contribution in [2.75, 3.05) is 6.79 Å². The van der Waals surface area contributed by atoms with Crippen molar-refractivity contribution in [1.82, 2.24) is 0 Å². The number of carbonyl (C=O) groups excluding carboxylic acids is 1. The van der Waals surface area contributed by atoms with E-state index in [1.165, 1.54) is 0 Å². The van der Waals surface area contributed by atoms with E-state index in [1.807, 2.05) is 12.1 Å². The second-order valence-corrected chi connectivity index (χ2v) is 5.10. The largest absolute Gasteiger partial charge is 0.467 e. The van der Waals surface area contributed by atoms with Crippen molar-refractivity contribution in [3.63, 3.8) is 0 Å². The van der Waals surface area contributed by atoms with Gasteiger partial charge in [-0.15, -0.1) is 0 Å². The lowest BCUT2D eigenvalue weighted by Crippen LogP contribution is -2.17. The Balaban J connectivity index is 2.18. The van der Waals surface area contributed by atoms with Gasteiger partial charge in [0.2, 0.25) is 6.08 Å². The SMILES string of the molecule is O=C=NC1(c2c(Br)ccc3c2COCO3)CC1. The molecule has 0 unspecified atom stereocenters. The van der Waals surface area contributed by atoms with Crippen LogP contribution in [0.4, 0.5) is 0 Å². The van der Waals surface area contributed by atoms with Crippen molar-refractivity contribution in [3.8, 4) is 5.75 Å². The Labute approximate surface area is 107 Å². The topological polar surface area (TPSA) is 47.9 Å². The number of aliphatic imine (C=N–C) groups is 1. The average molecular weight is 296 g/mol. The van der Waals surface area contributed by atoms with Gasteiger partial charge in [-0.2, -0.15) is 4.99 Å². The van der Waals surface area contributed by atoms with Crippen molar-refractivity contribution < 1.29 is 14.3 Å². The van der Waals surface area contributed by atoms with E-state index in [0.717, 1.165) is 34.2 Å². The molecule has 0 amide bonds. The van der Waals surface area contributed by atoms with E-state index in [4.69, 9.17) is 9.47 Å². The second-order valence-electron chi connectivity index (χ2n) is 4.24. The molecule has 0 radical (unpaired) electrons. The van der Waals surface area contributed by atoms with Gasteiger partial charge in [-0.25, -0.2) is 4.79 Å². The number of nitrogens with zero attached hydrogens (tertiary/aromatic N) is 1. The molecule has 1 aromatic rings. The highest BCUT2D eigenvalue weighted by Gasteiger charge is 2.48. The number of rotatable bonds is 2. The Hall–Kier alpha value is -1.16. The molecule has 1 aliphatic carbocycles. The van der Waals surface area contributed by atoms with Crippen molar-refractivity contribution in [1.29, 1.82) is 0 Å². The quantitative estimate of drug-likeness (QED) is 0.622. The molecule has 1 aromatic carbocycles. The molecule has 17 heavy (non-hydrogen) atoms. The minimum absolute atomic E-state index is 0.276. The van der Waals surface area contributed by atoms with Crippen LogP contribution in [0.2, 0.25) is 0 Å². The van der Waals surface area contributed by atoms with Gasteiger partial charge in [-0.05, 0) is 25.0 Å². The number of hydrogen-bond donors (Lipinski definition) is 0. The molecule has 0 bridgehead atoms. The van der Waals surface area contributed by atoms with Gasteiger partial charge in [0, 0.05) is 15.6 Å².